The predicted molar refractivity (Wildman–Crippen MR) is 112 cm³/mol. The molecule has 2 aromatic carbocycles. The van der Waals surface area contributed by atoms with E-state index in [0.717, 1.165) is 17.0 Å². The van der Waals surface area contributed by atoms with Crippen LogP contribution in [0.5, 0.6) is 0 Å². The van der Waals surface area contributed by atoms with Crippen molar-refractivity contribution in [1.82, 2.24) is 4.57 Å². The van der Waals surface area contributed by atoms with Crippen molar-refractivity contribution in [2.75, 3.05) is 13.7 Å². The summed E-state index contributed by atoms with van der Waals surface area (Å²) in [6.07, 6.45) is 0. The molecule has 0 bridgehead atoms. The monoisotopic (exact) mass is 405 g/mol. The summed E-state index contributed by atoms with van der Waals surface area (Å²) in [7, 11) is 1.28. The molecule has 0 saturated carbocycles. The lowest BCUT2D eigenvalue weighted by molar-refractivity contribution is 0.0474. The van der Waals surface area contributed by atoms with Crippen LogP contribution in [0.1, 0.15) is 48.0 Å². The number of rotatable bonds is 7. The van der Waals surface area contributed by atoms with Crippen LogP contribution < -0.4 is 0 Å². The van der Waals surface area contributed by atoms with E-state index in [9.17, 15) is 14.4 Å². The molecule has 0 aliphatic rings. The molecule has 0 aliphatic heterocycles. The molecule has 0 fully saturated rings. The number of carbonyl (C=O) groups is 3. The van der Waals surface area contributed by atoms with Crippen LogP contribution in [0.4, 0.5) is 0 Å². The van der Waals surface area contributed by atoms with Crippen LogP contribution in [0.15, 0.2) is 60.7 Å². The van der Waals surface area contributed by atoms with Crippen molar-refractivity contribution < 1.29 is 23.9 Å². The molecular weight excluding hydrogens is 382 g/mol. The van der Waals surface area contributed by atoms with Crippen LogP contribution in [0.2, 0.25) is 0 Å². The number of Topliss-reactive ketones (excluding diaryl/α,β-unsaturated/α-hetero) is 1. The third-order valence-corrected chi connectivity index (χ3v) is 4.93. The van der Waals surface area contributed by atoms with Gasteiger partial charge in [0.15, 0.2) is 6.61 Å². The van der Waals surface area contributed by atoms with Gasteiger partial charge >= 0.3 is 11.9 Å². The van der Waals surface area contributed by atoms with E-state index in [0.29, 0.717) is 17.7 Å². The fourth-order valence-corrected chi connectivity index (χ4v) is 3.25. The first kappa shape index (κ1) is 21.0. The van der Waals surface area contributed by atoms with Gasteiger partial charge in [0.1, 0.15) is 0 Å². The molecule has 0 amide bonds. The van der Waals surface area contributed by atoms with Crippen molar-refractivity contribution in [3.8, 4) is 0 Å². The molecule has 1 aromatic heterocycles. The highest BCUT2D eigenvalue weighted by Gasteiger charge is 2.18. The zero-order chi connectivity index (χ0) is 21.7. The van der Waals surface area contributed by atoms with E-state index in [4.69, 9.17) is 4.74 Å². The SMILES string of the molecule is COC(=O)c1ccc(C(=O)OCC(=O)c2cc(C)n(Cc3ccccc3)c2C)cc1. The number of nitrogens with zero attached hydrogens (tertiary/aromatic N) is 1. The summed E-state index contributed by atoms with van der Waals surface area (Å²) in [4.78, 5) is 36.3. The zero-order valence-corrected chi connectivity index (χ0v) is 17.2. The molecule has 0 atom stereocenters. The minimum Gasteiger partial charge on any atom is -0.465 e. The number of aromatic nitrogens is 1. The van der Waals surface area contributed by atoms with Gasteiger partial charge in [-0.3, -0.25) is 4.79 Å². The van der Waals surface area contributed by atoms with Crippen molar-refractivity contribution in [2.45, 2.75) is 20.4 Å². The number of methoxy groups -OCH3 is 1. The van der Waals surface area contributed by atoms with Gasteiger partial charge in [0.25, 0.3) is 0 Å². The Balaban J connectivity index is 1.65. The highest BCUT2D eigenvalue weighted by atomic mass is 16.5. The minimum absolute atomic E-state index is 0.255. The van der Waals surface area contributed by atoms with Crippen molar-refractivity contribution >= 4 is 17.7 Å². The zero-order valence-electron chi connectivity index (χ0n) is 17.2. The third kappa shape index (κ3) is 4.66. The predicted octanol–water partition coefficient (Wildman–Crippen LogP) is 3.98. The average molecular weight is 405 g/mol. The number of carbonyl (C=O) groups excluding carboxylic acids is 3. The molecule has 154 valence electrons. The Labute approximate surface area is 175 Å². The van der Waals surface area contributed by atoms with E-state index in [1.807, 2.05) is 50.2 Å². The maximum Gasteiger partial charge on any atom is 0.338 e. The van der Waals surface area contributed by atoms with Gasteiger partial charge in [-0.05, 0) is 49.7 Å². The molecule has 0 unspecified atom stereocenters. The van der Waals surface area contributed by atoms with Crippen molar-refractivity contribution in [1.29, 1.82) is 0 Å². The Bertz CT molecular complexity index is 1060. The van der Waals surface area contributed by atoms with Gasteiger partial charge in [-0.15, -0.1) is 0 Å². The summed E-state index contributed by atoms with van der Waals surface area (Å²) in [5, 5.41) is 0. The van der Waals surface area contributed by atoms with Crippen LogP contribution in [0.25, 0.3) is 0 Å². The van der Waals surface area contributed by atoms with Crippen molar-refractivity contribution in [2.24, 2.45) is 0 Å². The molecule has 3 aromatic rings. The second-order valence-electron chi connectivity index (χ2n) is 6.92. The Kier molecular flexibility index (Phi) is 6.47. The summed E-state index contributed by atoms with van der Waals surface area (Å²) in [5.74, 6) is -1.38. The first-order valence-corrected chi connectivity index (χ1v) is 9.50. The Morgan fingerprint density at radius 2 is 1.47 bits per heavy atom. The molecule has 1 heterocycles. The molecule has 6 nitrogen and oxygen atoms in total. The van der Waals surface area contributed by atoms with E-state index in [1.54, 1.807) is 0 Å². The average Bonchev–Trinajstić information content (AvgIpc) is 3.06. The smallest absolute Gasteiger partial charge is 0.338 e. The Morgan fingerprint density at radius 1 is 0.867 bits per heavy atom. The molecule has 0 spiro atoms. The Morgan fingerprint density at radius 3 is 2.07 bits per heavy atom. The molecule has 30 heavy (non-hydrogen) atoms. The third-order valence-electron chi connectivity index (χ3n) is 4.93. The second-order valence-corrected chi connectivity index (χ2v) is 6.92. The number of hydrogen-bond acceptors (Lipinski definition) is 5. The Hall–Kier alpha value is -3.67. The number of benzene rings is 2. The van der Waals surface area contributed by atoms with E-state index < -0.39 is 11.9 Å². The standard InChI is InChI=1S/C24H23NO5/c1-16-13-21(17(2)25(16)14-18-7-5-4-6-8-18)22(26)15-30-24(28)20-11-9-19(10-12-20)23(27)29-3/h4-13H,14-15H2,1-3H3. The second kappa shape index (κ2) is 9.22. The maximum atomic E-state index is 12.6. The first-order valence-electron chi connectivity index (χ1n) is 9.50. The molecule has 3 rings (SSSR count). The fraction of sp³-hybridized carbons (Fsp3) is 0.208. The fourth-order valence-electron chi connectivity index (χ4n) is 3.25. The lowest BCUT2D eigenvalue weighted by Gasteiger charge is -2.10. The van der Waals surface area contributed by atoms with Gasteiger partial charge in [0, 0.05) is 23.5 Å². The van der Waals surface area contributed by atoms with Crippen molar-refractivity contribution in [3.05, 3.63) is 94.3 Å². The number of aryl methyl sites for hydroxylation is 1. The van der Waals surface area contributed by atoms with Crippen LogP contribution >= 0.6 is 0 Å². The highest BCUT2D eigenvalue weighted by molar-refractivity contribution is 6.00. The van der Waals surface area contributed by atoms with E-state index >= 15 is 0 Å². The maximum absolute atomic E-state index is 12.6. The number of hydrogen-bond donors (Lipinski definition) is 0. The molecule has 0 aliphatic carbocycles. The van der Waals surface area contributed by atoms with Crippen LogP contribution in [0.3, 0.4) is 0 Å². The molecule has 0 saturated heterocycles. The topological polar surface area (TPSA) is 74.6 Å². The van der Waals surface area contributed by atoms with Gasteiger partial charge in [-0.25, -0.2) is 9.59 Å². The summed E-state index contributed by atoms with van der Waals surface area (Å²) in [6, 6.07) is 17.7. The first-order chi connectivity index (χ1) is 14.4. The summed E-state index contributed by atoms with van der Waals surface area (Å²) < 4.78 is 11.9. The van der Waals surface area contributed by atoms with Gasteiger partial charge in [-0.2, -0.15) is 0 Å². The van der Waals surface area contributed by atoms with Crippen LogP contribution in [0, 0.1) is 13.8 Å². The summed E-state index contributed by atoms with van der Waals surface area (Å²) >= 11 is 0. The van der Waals surface area contributed by atoms with Crippen molar-refractivity contribution in [3.63, 3.8) is 0 Å². The van der Waals surface area contributed by atoms with Gasteiger partial charge in [-0.1, -0.05) is 30.3 Å². The van der Waals surface area contributed by atoms with Crippen LogP contribution in [-0.2, 0) is 16.0 Å². The lowest BCUT2D eigenvalue weighted by Crippen LogP contribution is -2.15. The minimum atomic E-state index is -0.627. The van der Waals surface area contributed by atoms with Crippen LogP contribution in [-0.4, -0.2) is 36.0 Å². The number of ketones is 1. The molecular formula is C24H23NO5. The highest BCUT2D eigenvalue weighted by Crippen LogP contribution is 2.18. The van der Waals surface area contributed by atoms with E-state index in [-0.39, 0.29) is 18.0 Å². The molecule has 6 heteroatoms. The normalized spacial score (nSPS) is 10.5. The molecule has 0 N–H and O–H groups in total. The number of ether oxygens (including phenoxy) is 2. The lowest BCUT2D eigenvalue weighted by atomic mass is 10.1. The largest absolute Gasteiger partial charge is 0.465 e. The van der Waals surface area contributed by atoms with Gasteiger partial charge in [0.05, 0.1) is 18.2 Å². The quantitative estimate of drug-likeness (QED) is 0.439. The summed E-state index contributed by atoms with van der Waals surface area (Å²) in [6.45, 7) is 4.14. The number of esters is 2. The van der Waals surface area contributed by atoms with E-state index in [2.05, 4.69) is 9.30 Å². The van der Waals surface area contributed by atoms with Gasteiger partial charge < -0.3 is 14.0 Å². The van der Waals surface area contributed by atoms with Gasteiger partial charge in [0.2, 0.25) is 5.78 Å². The van der Waals surface area contributed by atoms with E-state index in [1.165, 1.54) is 31.4 Å². The summed E-state index contributed by atoms with van der Waals surface area (Å²) in [5.41, 5.74) is 4.06. The molecule has 0 radical (unpaired) electrons.